The fraction of sp³-hybridized carbons (Fsp3) is 0.263. The number of piperazine rings is 1. The fourth-order valence-electron chi connectivity index (χ4n) is 3.05. The van der Waals surface area contributed by atoms with Gasteiger partial charge in [-0.15, -0.1) is 11.3 Å². The van der Waals surface area contributed by atoms with Gasteiger partial charge in [0.2, 0.25) is 0 Å². The van der Waals surface area contributed by atoms with E-state index in [2.05, 4.69) is 9.88 Å². The van der Waals surface area contributed by atoms with Crippen LogP contribution in [0.5, 0.6) is 0 Å². The summed E-state index contributed by atoms with van der Waals surface area (Å²) in [6, 6.07) is 6.74. The zero-order valence-electron chi connectivity index (χ0n) is 14.4. The molecule has 1 saturated heterocycles. The van der Waals surface area contributed by atoms with E-state index in [9.17, 15) is 13.6 Å². The topological polar surface area (TPSA) is 49.6 Å². The average molecular weight is 389 g/mol. The SMILES string of the molecule is O=C(c1ccc(F)cc1F)N1CCN(Cc2nc(-c3ccco3)cs2)CC1. The number of benzene rings is 1. The second-order valence-corrected chi connectivity index (χ2v) is 7.24. The lowest BCUT2D eigenvalue weighted by Gasteiger charge is -2.34. The average Bonchev–Trinajstić information content (AvgIpc) is 3.33. The van der Waals surface area contributed by atoms with Crippen LogP contribution in [0.2, 0.25) is 0 Å². The van der Waals surface area contributed by atoms with Gasteiger partial charge in [-0.1, -0.05) is 0 Å². The van der Waals surface area contributed by atoms with Crippen LogP contribution in [0.1, 0.15) is 15.4 Å². The number of thiazole rings is 1. The number of rotatable bonds is 4. The molecule has 0 N–H and O–H groups in total. The molecule has 1 aromatic carbocycles. The Morgan fingerprint density at radius 2 is 2.00 bits per heavy atom. The van der Waals surface area contributed by atoms with Crippen molar-refractivity contribution in [3.8, 4) is 11.5 Å². The fourth-order valence-corrected chi connectivity index (χ4v) is 3.88. The lowest BCUT2D eigenvalue weighted by molar-refractivity contribution is 0.0624. The van der Waals surface area contributed by atoms with Crippen LogP contribution in [0, 0.1) is 11.6 Å². The summed E-state index contributed by atoms with van der Waals surface area (Å²) in [6.07, 6.45) is 1.62. The van der Waals surface area contributed by atoms with Crippen molar-refractivity contribution in [2.75, 3.05) is 26.2 Å². The minimum absolute atomic E-state index is 0.0899. The number of carbonyl (C=O) groups excluding carboxylic acids is 1. The van der Waals surface area contributed by atoms with Gasteiger partial charge in [0.15, 0.2) is 5.76 Å². The number of carbonyl (C=O) groups is 1. The highest BCUT2D eigenvalue weighted by molar-refractivity contribution is 7.09. The maximum atomic E-state index is 13.8. The van der Waals surface area contributed by atoms with E-state index in [4.69, 9.17) is 4.42 Å². The van der Waals surface area contributed by atoms with Crippen LogP contribution in [0.25, 0.3) is 11.5 Å². The molecule has 0 spiro atoms. The van der Waals surface area contributed by atoms with E-state index in [0.29, 0.717) is 32.7 Å². The molecule has 5 nitrogen and oxygen atoms in total. The Bertz CT molecular complexity index is 934. The second kappa shape index (κ2) is 7.58. The highest BCUT2D eigenvalue weighted by Crippen LogP contribution is 2.23. The van der Waals surface area contributed by atoms with Crippen molar-refractivity contribution in [1.82, 2.24) is 14.8 Å². The zero-order valence-corrected chi connectivity index (χ0v) is 15.2. The highest BCUT2D eigenvalue weighted by atomic mass is 32.1. The lowest BCUT2D eigenvalue weighted by atomic mass is 10.1. The van der Waals surface area contributed by atoms with Crippen molar-refractivity contribution in [3.63, 3.8) is 0 Å². The van der Waals surface area contributed by atoms with E-state index in [1.54, 1.807) is 22.5 Å². The Kier molecular flexibility index (Phi) is 5.00. The van der Waals surface area contributed by atoms with E-state index in [-0.39, 0.29) is 5.56 Å². The van der Waals surface area contributed by atoms with Gasteiger partial charge in [-0.25, -0.2) is 13.8 Å². The first kappa shape index (κ1) is 17.8. The first-order chi connectivity index (χ1) is 13.1. The summed E-state index contributed by atoms with van der Waals surface area (Å²) in [6.45, 7) is 3.02. The van der Waals surface area contributed by atoms with Crippen LogP contribution in [0.4, 0.5) is 8.78 Å². The summed E-state index contributed by atoms with van der Waals surface area (Å²) < 4.78 is 32.2. The van der Waals surface area contributed by atoms with Gasteiger partial charge in [-0.2, -0.15) is 0 Å². The molecule has 1 fully saturated rings. The van der Waals surface area contributed by atoms with Crippen molar-refractivity contribution in [2.45, 2.75) is 6.54 Å². The summed E-state index contributed by atoms with van der Waals surface area (Å²) in [5.41, 5.74) is 0.730. The monoisotopic (exact) mass is 389 g/mol. The molecule has 0 saturated carbocycles. The molecule has 1 aliphatic rings. The molecule has 3 heterocycles. The summed E-state index contributed by atoms with van der Waals surface area (Å²) in [5.74, 6) is -1.17. The molecule has 140 valence electrons. The normalized spacial score (nSPS) is 15.3. The molecule has 1 aliphatic heterocycles. The molecule has 0 unspecified atom stereocenters. The van der Waals surface area contributed by atoms with E-state index in [1.807, 2.05) is 17.5 Å². The molecule has 0 bridgehead atoms. The van der Waals surface area contributed by atoms with Gasteiger partial charge in [0.1, 0.15) is 22.3 Å². The lowest BCUT2D eigenvalue weighted by Crippen LogP contribution is -2.48. The molecule has 1 amide bonds. The van der Waals surface area contributed by atoms with Gasteiger partial charge in [0.05, 0.1) is 18.4 Å². The van der Waals surface area contributed by atoms with E-state index in [1.165, 1.54) is 6.07 Å². The zero-order chi connectivity index (χ0) is 18.8. The number of amides is 1. The molecule has 4 rings (SSSR count). The van der Waals surface area contributed by atoms with E-state index < -0.39 is 17.5 Å². The van der Waals surface area contributed by atoms with Crippen molar-refractivity contribution < 1.29 is 18.0 Å². The van der Waals surface area contributed by atoms with Crippen LogP contribution < -0.4 is 0 Å². The van der Waals surface area contributed by atoms with E-state index >= 15 is 0 Å². The van der Waals surface area contributed by atoms with Crippen LogP contribution in [0.15, 0.2) is 46.4 Å². The van der Waals surface area contributed by atoms with E-state index in [0.717, 1.165) is 28.6 Å². The Balaban J connectivity index is 1.34. The molecule has 0 atom stereocenters. The van der Waals surface area contributed by atoms with Crippen LogP contribution in [0.3, 0.4) is 0 Å². The van der Waals surface area contributed by atoms with Gasteiger partial charge in [-0.3, -0.25) is 9.69 Å². The van der Waals surface area contributed by atoms with Gasteiger partial charge >= 0.3 is 0 Å². The number of nitrogens with zero attached hydrogens (tertiary/aromatic N) is 3. The Labute approximate surface area is 158 Å². The first-order valence-corrected chi connectivity index (χ1v) is 9.43. The number of furan rings is 1. The van der Waals surface area contributed by atoms with Crippen LogP contribution >= 0.6 is 11.3 Å². The molecule has 0 aliphatic carbocycles. The van der Waals surface area contributed by atoms with Gasteiger partial charge in [-0.05, 0) is 24.3 Å². The number of hydrogen-bond acceptors (Lipinski definition) is 5. The van der Waals surface area contributed by atoms with Crippen LogP contribution in [-0.4, -0.2) is 46.9 Å². The van der Waals surface area contributed by atoms with Crippen molar-refractivity contribution in [2.24, 2.45) is 0 Å². The molecule has 2 aromatic heterocycles. The summed E-state index contributed by atoms with van der Waals surface area (Å²) >= 11 is 1.57. The third-order valence-electron chi connectivity index (χ3n) is 4.51. The summed E-state index contributed by atoms with van der Waals surface area (Å²) in [7, 11) is 0. The smallest absolute Gasteiger partial charge is 0.256 e. The number of hydrogen-bond donors (Lipinski definition) is 0. The number of aromatic nitrogens is 1. The van der Waals surface area contributed by atoms with Gasteiger partial charge in [0, 0.05) is 37.6 Å². The molecule has 0 radical (unpaired) electrons. The Hall–Kier alpha value is -2.58. The molecular formula is C19H17F2N3O2S. The standard InChI is InChI=1S/C19H17F2N3O2S/c20-13-3-4-14(15(21)10-13)19(25)24-7-5-23(6-8-24)11-18-22-16(12-27-18)17-2-1-9-26-17/h1-4,9-10,12H,5-8,11H2. The van der Waals surface area contributed by atoms with Crippen molar-refractivity contribution >= 4 is 17.2 Å². The Morgan fingerprint density at radius 3 is 2.70 bits per heavy atom. The minimum Gasteiger partial charge on any atom is -0.463 e. The maximum Gasteiger partial charge on any atom is 0.256 e. The predicted octanol–water partition coefficient (Wildman–Crippen LogP) is 3.64. The molecule has 27 heavy (non-hydrogen) atoms. The molecular weight excluding hydrogens is 372 g/mol. The van der Waals surface area contributed by atoms with Gasteiger partial charge in [0.25, 0.3) is 5.91 Å². The predicted molar refractivity (Wildman–Crippen MR) is 97.4 cm³/mol. The largest absolute Gasteiger partial charge is 0.463 e. The molecule has 3 aromatic rings. The van der Waals surface area contributed by atoms with Crippen molar-refractivity contribution in [1.29, 1.82) is 0 Å². The minimum atomic E-state index is -0.823. The highest BCUT2D eigenvalue weighted by Gasteiger charge is 2.24. The van der Waals surface area contributed by atoms with Crippen molar-refractivity contribution in [3.05, 3.63) is 64.2 Å². The maximum absolute atomic E-state index is 13.8. The quantitative estimate of drug-likeness (QED) is 0.684. The summed E-state index contributed by atoms with van der Waals surface area (Å²) in [5, 5.41) is 2.94. The first-order valence-electron chi connectivity index (χ1n) is 8.55. The number of halogens is 2. The molecule has 8 heteroatoms. The van der Waals surface area contributed by atoms with Crippen LogP contribution in [-0.2, 0) is 6.54 Å². The third-order valence-corrected chi connectivity index (χ3v) is 5.34. The summed E-state index contributed by atoms with van der Waals surface area (Å²) in [4.78, 5) is 20.8. The second-order valence-electron chi connectivity index (χ2n) is 6.30. The van der Waals surface area contributed by atoms with Gasteiger partial charge < -0.3 is 9.32 Å². The third kappa shape index (κ3) is 3.91. The Morgan fingerprint density at radius 1 is 1.19 bits per heavy atom.